The number of benzene rings is 8. The normalized spacial score (nSPS) is 11.5. The highest BCUT2D eigenvalue weighted by Gasteiger charge is 2.16. The summed E-state index contributed by atoms with van der Waals surface area (Å²) >= 11 is 1.86. The van der Waals surface area contributed by atoms with Crippen molar-refractivity contribution in [3.63, 3.8) is 0 Å². The number of hydrogen-bond acceptors (Lipinski definition) is 3. The van der Waals surface area contributed by atoms with Crippen LogP contribution in [-0.4, -0.2) is 0 Å². The van der Waals surface area contributed by atoms with Gasteiger partial charge in [-0.1, -0.05) is 127 Å². The molecule has 0 aliphatic heterocycles. The molecule has 0 aliphatic rings. The minimum absolute atomic E-state index is 0.911. The average Bonchev–Trinajstić information content (AvgIpc) is 3.77. The van der Waals surface area contributed by atoms with Crippen molar-refractivity contribution in [2.24, 2.45) is 0 Å². The molecule has 0 unspecified atom stereocenters. The van der Waals surface area contributed by atoms with Gasteiger partial charge < -0.3 is 9.32 Å². The van der Waals surface area contributed by atoms with Crippen molar-refractivity contribution in [3.05, 3.63) is 188 Å². The molecule has 0 bridgehead atoms. The van der Waals surface area contributed by atoms with Crippen LogP contribution in [0.25, 0.3) is 75.5 Å². The molecule has 0 N–H and O–H groups in total. The lowest BCUT2D eigenvalue weighted by atomic mass is 10.0. The van der Waals surface area contributed by atoms with E-state index in [9.17, 15) is 0 Å². The third-order valence-electron chi connectivity index (χ3n) is 9.91. The predicted octanol–water partition coefficient (Wildman–Crippen LogP) is 14.4. The second kappa shape index (κ2) is 12.2. The van der Waals surface area contributed by atoms with E-state index in [0.717, 1.165) is 50.1 Å². The van der Waals surface area contributed by atoms with E-state index in [1.165, 1.54) is 42.4 Å². The summed E-state index contributed by atoms with van der Waals surface area (Å²) in [5, 5.41) is 4.92. The van der Waals surface area contributed by atoms with Crippen LogP contribution in [0.2, 0.25) is 0 Å². The van der Waals surface area contributed by atoms with E-state index >= 15 is 0 Å². The lowest BCUT2D eigenvalue weighted by Crippen LogP contribution is -2.09. The van der Waals surface area contributed by atoms with Gasteiger partial charge in [-0.25, -0.2) is 0 Å². The molecule has 0 aliphatic carbocycles. The molecule has 0 spiro atoms. The Balaban J connectivity index is 1.04. The first-order valence-corrected chi connectivity index (χ1v) is 18.1. The van der Waals surface area contributed by atoms with E-state index < -0.39 is 0 Å². The van der Waals surface area contributed by atoms with E-state index in [1.807, 2.05) is 23.5 Å². The van der Waals surface area contributed by atoms with Gasteiger partial charge in [0.25, 0.3) is 0 Å². The summed E-state index contributed by atoms with van der Waals surface area (Å²) in [5.74, 6) is 0. The van der Waals surface area contributed by atoms with Crippen molar-refractivity contribution in [1.82, 2.24) is 0 Å². The van der Waals surface area contributed by atoms with Crippen molar-refractivity contribution >= 4 is 70.5 Å². The van der Waals surface area contributed by atoms with Crippen LogP contribution >= 0.6 is 11.3 Å². The fraction of sp³-hybridized carbons (Fsp3) is 0. The minimum atomic E-state index is 0.911. The molecule has 0 saturated carbocycles. The summed E-state index contributed by atoms with van der Waals surface area (Å²) in [6, 6.07) is 67.4. The highest BCUT2D eigenvalue weighted by Crippen LogP contribution is 2.41. The van der Waals surface area contributed by atoms with Gasteiger partial charge in [0.15, 0.2) is 0 Å². The molecule has 0 fully saturated rings. The Kier molecular flexibility index (Phi) is 7.04. The van der Waals surface area contributed by atoms with Gasteiger partial charge in [-0.05, 0) is 88.5 Å². The van der Waals surface area contributed by atoms with Crippen LogP contribution < -0.4 is 4.90 Å². The highest BCUT2D eigenvalue weighted by molar-refractivity contribution is 7.25. The molecule has 0 atom stereocenters. The van der Waals surface area contributed by atoms with E-state index in [4.69, 9.17) is 4.42 Å². The molecule has 8 aromatic carbocycles. The number of nitrogens with zero attached hydrogens (tertiary/aromatic N) is 1. The number of anilines is 3. The van der Waals surface area contributed by atoms with E-state index in [-0.39, 0.29) is 0 Å². The van der Waals surface area contributed by atoms with Crippen LogP contribution in [0.4, 0.5) is 17.1 Å². The minimum Gasteiger partial charge on any atom is -0.455 e. The third kappa shape index (κ3) is 5.18. The Hall–Kier alpha value is -6.42. The summed E-state index contributed by atoms with van der Waals surface area (Å²) in [6.07, 6.45) is 0. The largest absolute Gasteiger partial charge is 0.455 e. The molecule has 0 radical (unpaired) electrons. The van der Waals surface area contributed by atoms with Gasteiger partial charge in [0.1, 0.15) is 11.2 Å². The Labute approximate surface area is 300 Å². The molecule has 2 nitrogen and oxygen atoms in total. The summed E-state index contributed by atoms with van der Waals surface area (Å²) in [6.45, 7) is 0. The first-order chi connectivity index (χ1) is 25.3. The molecule has 2 aromatic heterocycles. The lowest BCUT2D eigenvalue weighted by molar-refractivity contribution is 0.670. The topological polar surface area (TPSA) is 16.4 Å². The second-order valence-corrected chi connectivity index (χ2v) is 14.0. The van der Waals surface area contributed by atoms with E-state index in [0.29, 0.717) is 0 Å². The third-order valence-corrected chi connectivity index (χ3v) is 11.1. The number of hydrogen-bond donors (Lipinski definition) is 0. The van der Waals surface area contributed by atoms with Crippen LogP contribution in [-0.2, 0) is 0 Å². The van der Waals surface area contributed by atoms with E-state index in [2.05, 4.69) is 181 Å². The molecule has 240 valence electrons. The van der Waals surface area contributed by atoms with Crippen molar-refractivity contribution in [3.8, 4) is 33.4 Å². The zero-order chi connectivity index (χ0) is 33.7. The Morgan fingerprint density at radius 1 is 0.353 bits per heavy atom. The van der Waals surface area contributed by atoms with Crippen LogP contribution in [0.3, 0.4) is 0 Å². The Morgan fingerprint density at radius 2 is 0.882 bits per heavy atom. The van der Waals surface area contributed by atoms with Crippen molar-refractivity contribution in [2.75, 3.05) is 4.90 Å². The molecule has 51 heavy (non-hydrogen) atoms. The maximum atomic E-state index is 6.38. The molecule has 10 aromatic rings. The van der Waals surface area contributed by atoms with Crippen LogP contribution in [0.1, 0.15) is 0 Å². The van der Waals surface area contributed by atoms with Crippen LogP contribution in [0, 0.1) is 0 Å². The summed E-state index contributed by atoms with van der Waals surface area (Å²) in [5.41, 5.74) is 12.1. The molecule has 10 rings (SSSR count). The van der Waals surface area contributed by atoms with Crippen molar-refractivity contribution < 1.29 is 4.42 Å². The number of para-hydroxylation sites is 2. The number of fused-ring (bicyclic) bond motifs is 6. The van der Waals surface area contributed by atoms with Gasteiger partial charge >= 0.3 is 0 Å². The van der Waals surface area contributed by atoms with Gasteiger partial charge in [-0.15, -0.1) is 11.3 Å². The highest BCUT2D eigenvalue weighted by atomic mass is 32.1. The van der Waals surface area contributed by atoms with Gasteiger partial charge in [0.2, 0.25) is 0 Å². The lowest BCUT2D eigenvalue weighted by Gasteiger charge is -2.26. The smallest absolute Gasteiger partial charge is 0.143 e. The van der Waals surface area contributed by atoms with Crippen LogP contribution in [0.5, 0.6) is 0 Å². The fourth-order valence-corrected chi connectivity index (χ4v) is 8.44. The fourth-order valence-electron chi connectivity index (χ4n) is 7.35. The van der Waals surface area contributed by atoms with Gasteiger partial charge in [0, 0.05) is 53.6 Å². The maximum absolute atomic E-state index is 6.38. The average molecular weight is 670 g/mol. The zero-order valence-corrected chi connectivity index (χ0v) is 28.5. The summed E-state index contributed by atoms with van der Waals surface area (Å²) in [4.78, 5) is 2.33. The Morgan fingerprint density at radius 3 is 1.61 bits per heavy atom. The molecule has 0 amide bonds. The first-order valence-electron chi connectivity index (χ1n) is 17.2. The summed E-state index contributed by atoms with van der Waals surface area (Å²) in [7, 11) is 0. The number of thiophene rings is 1. The quantitative estimate of drug-likeness (QED) is 0.175. The van der Waals surface area contributed by atoms with Crippen molar-refractivity contribution in [1.29, 1.82) is 0 Å². The van der Waals surface area contributed by atoms with Crippen molar-refractivity contribution in [2.45, 2.75) is 0 Å². The first kappa shape index (κ1) is 29.5. The SMILES string of the molecule is c1ccc(-c2ccc(N(c3ccc(-c4ccc5sc6ccccc6c5c4)cc3)c3ccc(-c4cccc5c4oc4ccccc45)cc3)cc2)cc1. The second-order valence-electron chi connectivity index (χ2n) is 12.9. The standard InChI is InChI=1S/C48H31NOS/c1-2-9-32(10-3-1)33-17-24-37(25-18-33)49(38-26-19-34(20-27-38)36-23-30-47-44(31-36)42-12-5-7-16-46(42)51-47)39-28-21-35(22-29-39)40-13-8-14-43-41-11-4-6-15-45(41)50-48(40)43/h1-31H. The van der Waals surface area contributed by atoms with Gasteiger partial charge in [-0.2, -0.15) is 0 Å². The monoisotopic (exact) mass is 669 g/mol. The molecular weight excluding hydrogens is 639 g/mol. The Bertz CT molecular complexity index is 2830. The summed E-state index contributed by atoms with van der Waals surface area (Å²) < 4.78 is 9.03. The zero-order valence-electron chi connectivity index (χ0n) is 27.7. The number of rotatable bonds is 6. The number of furan rings is 1. The van der Waals surface area contributed by atoms with Gasteiger partial charge in [-0.3, -0.25) is 0 Å². The van der Waals surface area contributed by atoms with Crippen LogP contribution in [0.15, 0.2) is 192 Å². The van der Waals surface area contributed by atoms with E-state index in [1.54, 1.807) is 0 Å². The molecule has 0 saturated heterocycles. The molecule has 3 heteroatoms. The molecule has 2 heterocycles. The predicted molar refractivity (Wildman–Crippen MR) is 218 cm³/mol. The molecular formula is C48H31NOS. The van der Waals surface area contributed by atoms with Gasteiger partial charge in [0.05, 0.1) is 0 Å². The maximum Gasteiger partial charge on any atom is 0.143 e.